The molecule has 5 nitrogen and oxygen atoms in total. The first-order valence-corrected chi connectivity index (χ1v) is 7.38. The van der Waals surface area contributed by atoms with E-state index in [1.807, 2.05) is 30.3 Å². The van der Waals surface area contributed by atoms with Gasteiger partial charge in [0.15, 0.2) is 0 Å². The van der Waals surface area contributed by atoms with Crippen molar-refractivity contribution in [3.05, 3.63) is 35.9 Å². The highest BCUT2D eigenvalue weighted by molar-refractivity contribution is 5.82. The topological polar surface area (TPSA) is 66.8 Å². The minimum Gasteiger partial charge on any atom is -0.465 e. The van der Waals surface area contributed by atoms with Crippen molar-refractivity contribution < 1.29 is 19.4 Å². The lowest BCUT2D eigenvalue weighted by Crippen LogP contribution is -2.44. The fourth-order valence-electron chi connectivity index (χ4n) is 3.60. The molecular weight excluding hydrogens is 270 g/mol. The summed E-state index contributed by atoms with van der Waals surface area (Å²) in [5.41, 5.74) is 0.908. The van der Waals surface area contributed by atoms with Gasteiger partial charge in [-0.05, 0) is 30.7 Å². The van der Waals surface area contributed by atoms with E-state index in [0.29, 0.717) is 12.3 Å². The number of carbonyl (C=O) groups is 2. The first-order valence-electron chi connectivity index (χ1n) is 7.38. The molecule has 21 heavy (non-hydrogen) atoms. The van der Waals surface area contributed by atoms with Gasteiger partial charge in [0, 0.05) is 6.04 Å². The molecule has 0 bridgehead atoms. The monoisotopic (exact) mass is 289 g/mol. The molecule has 2 fully saturated rings. The first-order chi connectivity index (χ1) is 10.2. The van der Waals surface area contributed by atoms with Gasteiger partial charge < -0.3 is 9.84 Å². The SMILES string of the molecule is O=C(OCc1ccccc1)[C@@H]1C[C@@H]2CCC[C@@H]2N1C(=O)O. The highest BCUT2D eigenvalue weighted by atomic mass is 16.5. The normalized spacial score (nSPS) is 27.4. The number of amides is 1. The van der Waals surface area contributed by atoms with Gasteiger partial charge in [-0.2, -0.15) is 0 Å². The van der Waals surface area contributed by atoms with E-state index in [1.54, 1.807) is 0 Å². The summed E-state index contributed by atoms with van der Waals surface area (Å²) in [6.07, 6.45) is 2.51. The van der Waals surface area contributed by atoms with Gasteiger partial charge in [-0.25, -0.2) is 9.59 Å². The molecule has 1 amide bonds. The highest BCUT2D eigenvalue weighted by Gasteiger charge is 2.49. The Kier molecular flexibility index (Phi) is 3.82. The largest absolute Gasteiger partial charge is 0.465 e. The van der Waals surface area contributed by atoms with E-state index in [2.05, 4.69) is 0 Å². The molecule has 5 heteroatoms. The molecule has 1 aromatic carbocycles. The standard InChI is InChI=1S/C16H19NO4/c18-15(21-10-11-5-2-1-3-6-11)14-9-12-7-4-8-13(12)17(14)16(19)20/h1-3,5-6,12-14H,4,7-10H2,(H,19,20)/t12-,13-,14-/m0/s1. The molecule has 1 saturated heterocycles. The van der Waals surface area contributed by atoms with Crippen LogP contribution in [-0.2, 0) is 16.1 Å². The van der Waals surface area contributed by atoms with Crippen LogP contribution in [0, 0.1) is 5.92 Å². The molecule has 112 valence electrons. The summed E-state index contributed by atoms with van der Waals surface area (Å²) in [5.74, 6) is -0.106. The second-order valence-electron chi connectivity index (χ2n) is 5.79. The smallest absolute Gasteiger partial charge is 0.408 e. The lowest BCUT2D eigenvalue weighted by atomic mass is 10.0. The van der Waals surface area contributed by atoms with E-state index in [0.717, 1.165) is 24.8 Å². The minimum atomic E-state index is -1.01. The molecule has 1 aliphatic carbocycles. The molecule has 1 aliphatic heterocycles. The maximum atomic E-state index is 12.2. The zero-order chi connectivity index (χ0) is 14.8. The molecule has 1 saturated carbocycles. The Balaban J connectivity index is 1.65. The molecule has 1 N–H and O–H groups in total. The third-order valence-electron chi connectivity index (χ3n) is 4.55. The van der Waals surface area contributed by atoms with Crippen LogP contribution in [0.2, 0.25) is 0 Å². The number of rotatable bonds is 3. The molecule has 0 unspecified atom stereocenters. The Morgan fingerprint density at radius 3 is 2.71 bits per heavy atom. The van der Waals surface area contributed by atoms with Gasteiger partial charge in [-0.3, -0.25) is 4.90 Å². The molecule has 0 spiro atoms. The van der Waals surface area contributed by atoms with E-state index in [1.165, 1.54) is 4.90 Å². The first kappa shape index (κ1) is 13.9. The van der Waals surface area contributed by atoms with Crippen LogP contribution in [0.15, 0.2) is 30.3 Å². The summed E-state index contributed by atoms with van der Waals surface area (Å²) >= 11 is 0. The summed E-state index contributed by atoms with van der Waals surface area (Å²) in [4.78, 5) is 25.0. The molecule has 1 aromatic rings. The Labute approximate surface area is 123 Å². The predicted octanol–water partition coefficient (Wildman–Crippen LogP) is 2.65. The summed E-state index contributed by atoms with van der Waals surface area (Å²) in [5, 5.41) is 9.38. The van der Waals surface area contributed by atoms with Crippen molar-refractivity contribution in [1.29, 1.82) is 0 Å². The summed E-state index contributed by atoms with van der Waals surface area (Å²) in [6.45, 7) is 0.193. The van der Waals surface area contributed by atoms with Crippen LogP contribution >= 0.6 is 0 Å². The Bertz CT molecular complexity index is 530. The van der Waals surface area contributed by atoms with Crippen molar-refractivity contribution in [3.8, 4) is 0 Å². The second-order valence-corrected chi connectivity index (χ2v) is 5.79. The predicted molar refractivity (Wildman–Crippen MR) is 75.6 cm³/mol. The number of esters is 1. The maximum absolute atomic E-state index is 12.2. The third-order valence-corrected chi connectivity index (χ3v) is 4.55. The molecule has 3 atom stereocenters. The fraction of sp³-hybridized carbons (Fsp3) is 0.500. The zero-order valence-electron chi connectivity index (χ0n) is 11.8. The van der Waals surface area contributed by atoms with Crippen molar-refractivity contribution in [3.63, 3.8) is 0 Å². The van der Waals surface area contributed by atoms with Crippen molar-refractivity contribution in [2.45, 2.75) is 44.4 Å². The summed E-state index contributed by atoms with van der Waals surface area (Å²) in [7, 11) is 0. The van der Waals surface area contributed by atoms with E-state index in [-0.39, 0.29) is 12.6 Å². The average Bonchev–Trinajstić information content (AvgIpc) is 3.05. The number of benzene rings is 1. The number of nitrogens with zero attached hydrogens (tertiary/aromatic N) is 1. The maximum Gasteiger partial charge on any atom is 0.408 e. The molecule has 2 aliphatic rings. The van der Waals surface area contributed by atoms with Gasteiger partial charge in [-0.15, -0.1) is 0 Å². The van der Waals surface area contributed by atoms with Gasteiger partial charge >= 0.3 is 12.1 Å². The number of hydrogen-bond acceptors (Lipinski definition) is 3. The van der Waals surface area contributed by atoms with E-state index >= 15 is 0 Å². The molecule has 3 rings (SSSR count). The number of carboxylic acid groups (broad SMARTS) is 1. The van der Waals surface area contributed by atoms with Gasteiger partial charge in [-0.1, -0.05) is 36.8 Å². The number of likely N-dealkylation sites (tertiary alicyclic amines) is 1. The Hall–Kier alpha value is -2.04. The van der Waals surface area contributed by atoms with Crippen molar-refractivity contribution in [1.82, 2.24) is 4.90 Å². The van der Waals surface area contributed by atoms with Crippen LogP contribution in [0.25, 0.3) is 0 Å². The van der Waals surface area contributed by atoms with Crippen LogP contribution in [0.4, 0.5) is 4.79 Å². The summed E-state index contributed by atoms with van der Waals surface area (Å²) < 4.78 is 5.31. The van der Waals surface area contributed by atoms with Crippen molar-refractivity contribution in [2.24, 2.45) is 5.92 Å². The lowest BCUT2D eigenvalue weighted by molar-refractivity contribution is -0.150. The average molecular weight is 289 g/mol. The quantitative estimate of drug-likeness (QED) is 0.869. The van der Waals surface area contributed by atoms with Gasteiger partial charge in [0.05, 0.1) is 0 Å². The highest BCUT2D eigenvalue weighted by Crippen LogP contribution is 2.41. The van der Waals surface area contributed by atoms with E-state index < -0.39 is 18.1 Å². The van der Waals surface area contributed by atoms with Gasteiger partial charge in [0.2, 0.25) is 0 Å². The molecule has 1 heterocycles. The van der Waals surface area contributed by atoms with E-state index in [9.17, 15) is 14.7 Å². The fourth-order valence-corrected chi connectivity index (χ4v) is 3.60. The van der Waals surface area contributed by atoms with Crippen LogP contribution in [-0.4, -0.2) is 34.2 Å². The number of ether oxygens (including phenoxy) is 1. The Morgan fingerprint density at radius 2 is 2.00 bits per heavy atom. The molecular formula is C16H19NO4. The van der Waals surface area contributed by atoms with Crippen LogP contribution in [0.3, 0.4) is 0 Å². The van der Waals surface area contributed by atoms with Gasteiger partial charge in [0.1, 0.15) is 12.6 Å². The lowest BCUT2D eigenvalue weighted by Gasteiger charge is -2.25. The van der Waals surface area contributed by atoms with Crippen LogP contribution < -0.4 is 0 Å². The number of hydrogen-bond donors (Lipinski definition) is 1. The Morgan fingerprint density at radius 1 is 1.24 bits per heavy atom. The summed E-state index contributed by atoms with van der Waals surface area (Å²) in [6, 6.07) is 8.78. The van der Waals surface area contributed by atoms with Crippen molar-refractivity contribution in [2.75, 3.05) is 0 Å². The number of fused-ring (bicyclic) bond motifs is 1. The molecule has 0 radical (unpaired) electrons. The van der Waals surface area contributed by atoms with E-state index in [4.69, 9.17) is 4.74 Å². The van der Waals surface area contributed by atoms with Crippen LogP contribution in [0.1, 0.15) is 31.2 Å². The minimum absolute atomic E-state index is 0.00299. The van der Waals surface area contributed by atoms with Crippen molar-refractivity contribution >= 4 is 12.1 Å². The zero-order valence-corrected chi connectivity index (χ0v) is 11.8. The van der Waals surface area contributed by atoms with Gasteiger partial charge in [0.25, 0.3) is 0 Å². The third kappa shape index (κ3) is 2.73. The second kappa shape index (κ2) is 5.76. The molecule has 0 aromatic heterocycles. The van der Waals surface area contributed by atoms with Crippen LogP contribution in [0.5, 0.6) is 0 Å². The number of carbonyl (C=O) groups excluding carboxylic acids is 1.